The normalized spacial score (nSPS) is 10.7. The van der Waals surface area contributed by atoms with Crippen LogP contribution in [0.2, 0.25) is 10.0 Å². The average molecular weight is 304 g/mol. The smallest absolute Gasteiger partial charge is 0.127 e. The van der Waals surface area contributed by atoms with E-state index in [1.807, 2.05) is 36.4 Å². The molecule has 20 heavy (non-hydrogen) atoms. The van der Waals surface area contributed by atoms with Gasteiger partial charge in [-0.15, -0.1) is 0 Å². The van der Waals surface area contributed by atoms with E-state index in [1.165, 1.54) is 0 Å². The molecule has 0 atom stereocenters. The average Bonchev–Trinajstić information content (AvgIpc) is 2.82. The first-order valence-electron chi connectivity index (χ1n) is 6.01. The summed E-state index contributed by atoms with van der Waals surface area (Å²) < 4.78 is 1.61. The van der Waals surface area contributed by atoms with Gasteiger partial charge < -0.3 is 5.73 Å². The van der Waals surface area contributed by atoms with Crippen molar-refractivity contribution >= 4 is 29.0 Å². The fourth-order valence-corrected chi connectivity index (χ4v) is 2.48. The fourth-order valence-electron chi connectivity index (χ4n) is 1.99. The summed E-state index contributed by atoms with van der Waals surface area (Å²) >= 11 is 12.1. The van der Waals surface area contributed by atoms with E-state index in [1.54, 1.807) is 22.9 Å². The van der Waals surface area contributed by atoms with Crippen molar-refractivity contribution in [3.05, 3.63) is 64.6 Å². The fraction of sp³-hybridized carbons (Fsp3) is 0. The van der Waals surface area contributed by atoms with E-state index in [-0.39, 0.29) is 0 Å². The van der Waals surface area contributed by atoms with Gasteiger partial charge in [-0.3, -0.25) is 0 Å². The van der Waals surface area contributed by atoms with Crippen LogP contribution < -0.4 is 5.73 Å². The zero-order chi connectivity index (χ0) is 14.1. The number of nitrogens with two attached hydrogens (primary N) is 1. The quantitative estimate of drug-likeness (QED) is 0.761. The lowest BCUT2D eigenvalue weighted by atomic mass is 10.2. The number of halogens is 2. The van der Waals surface area contributed by atoms with E-state index >= 15 is 0 Å². The van der Waals surface area contributed by atoms with Crippen LogP contribution in [0.25, 0.3) is 16.9 Å². The van der Waals surface area contributed by atoms with Gasteiger partial charge in [0.15, 0.2) is 0 Å². The van der Waals surface area contributed by atoms with Gasteiger partial charge >= 0.3 is 0 Å². The molecule has 0 saturated carbocycles. The summed E-state index contributed by atoms with van der Waals surface area (Å²) in [6, 6.07) is 16.9. The van der Waals surface area contributed by atoms with Gasteiger partial charge in [0, 0.05) is 16.7 Å². The highest BCUT2D eigenvalue weighted by molar-refractivity contribution is 6.35. The van der Waals surface area contributed by atoms with E-state index in [9.17, 15) is 0 Å². The van der Waals surface area contributed by atoms with Crippen LogP contribution in [0.3, 0.4) is 0 Å². The van der Waals surface area contributed by atoms with Crippen LogP contribution >= 0.6 is 23.2 Å². The summed E-state index contributed by atoms with van der Waals surface area (Å²) in [5.74, 6) is 0.521. The third kappa shape index (κ3) is 2.38. The molecule has 0 amide bonds. The Hall–Kier alpha value is -1.97. The van der Waals surface area contributed by atoms with Gasteiger partial charge in [0.05, 0.1) is 16.4 Å². The van der Waals surface area contributed by atoms with Crippen LogP contribution in [-0.2, 0) is 0 Å². The van der Waals surface area contributed by atoms with Crippen molar-refractivity contribution in [1.29, 1.82) is 0 Å². The standard InChI is InChI=1S/C15H11Cl2N3/c16-11-6-7-14(12(17)8-11)20-15(18)9-13(19-20)10-4-2-1-3-5-10/h1-9H,18H2. The lowest BCUT2D eigenvalue weighted by Gasteiger charge is -2.06. The zero-order valence-corrected chi connectivity index (χ0v) is 11.9. The third-order valence-corrected chi connectivity index (χ3v) is 3.48. The Morgan fingerprint density at radius 1 is 0.950 bits per heavy atom. The van der Waals surface area contributed by atoms with Crippen molar-refractivity contribution in [2.75, 3.05) is 5.73 Å². The summed E-state index contributed by atoms with van der Waals surface area (Å²) in [4.78, 5) is 0. The van der Waals surface area contributed by atoms with Gasteiger partial charge in [-0.05, 0) is 18.2 Å². The number of aromatic nitrogens is 2. The maximum absolute atomic E-state index is 6.19. The molecule has 0 aliphatic heterocycles. The number of rotatable bonds is 2. The van der Waals surface area contributed by atoms with Gasteiger partial charge in [0.2, 0.25) is 0 Å². The Balaban J connectivity index is 2.10. The number of nitrogen functional groups attached to an aromatic ring is 1. The molecule has 0 unspecified atom stereocenters. The zero-order valence-electron chi connectivity index (χ0n) is 10.4. The number of benzene rings is 2. The summed E-state index contributed by atoms with van der Waals surface area (Å²) in [5.41, 5.74) is 8.53. The number of nitrogens with zero attached hydrogens (tertiary/aromatic N) is 2. The molecule has 0 bridgehead atoms. The molecule has 0 radical (unpaired) electrons. The second kappa shape index (κ2) is 5.19. The van der Waals surface area contributed by atoms with E-state index in [2.05, 4.69) is 5.10 Å². The minimum Gasteiger partial charge on any atom is -0.384 e. The Labute approximate surface area is 126 Å². The van der Waals surface area contributed by atoms with Crippen molar-refractivity contribution in [3.63, 3.8) is 0 Å². The Bertz CT molecular complexity index is 751. The molecule has 0 aliphatic rings. The van der Waals surface area contributed by atoms with Crippen LogP contribution in [0.1, 0.15) is 0 Å². The summed E-state index contributed by atoms with van der Waals surface area (Å²) in [6.45, 7) is 0. The molecule has 0 spiro atoms. The highest BCUT2D eigenvalue weighted by Crippen LogP contribution is 2.28. The molecule has 0 saturated heterocycles. The Kier molecular flexibility index (Phi) is 3.38. The van der Waals surface area contributed by atoms with Crippen molar-refractivity contribution in [1.82, 2.24) is 9.78 Å². The molecule has 2 N–H and O–H groups in total. The van der Waals surface area contributed by atoms with Crippen LogP contribution in [0.5, 0.6) is 0 Å². The van der Waals surface area contributed by atoms with Crippen LogP contribution in [0, 0.1) is 0 Å². The second-order valence-electron chi connectivity index (χ2n) is 4.33. The van der Waals surface area contributed by atoms with E-state index < -0.39 is 0 Å². The molecule has 3 rings (SSSR count). The lowest BCUT2D eigenvalue weighted by Crippen LogP contribution is -2.02. The molecule has 2 aromatic carbocycles. The highest BCUT2D eigenvalue weighted by atomic mass is 35.5. The molecule has 1 aromatic heterocycles. The van der Waals surface area contributed by atoms with E-state index in [0.717, 1.165) is 11.3 Å². The van der Waals surface area contributed by atoms with Gasteiger partial charge in [-0.1, -0.05) is 53.5 Å². The summed E-state index contributed by atoms with van der Waals surface area (Å²) in [6.07, 6.45) is 0. The molecule has 1 heterocycles. The van der Waals surface area contributed by atoms with E-state index in [0.29, 0.717) is 21.6 Å². The molecule has 5 heteroatoms. The topological polar surface area (TPSA) is 43.8 Å². The van der Waals surface area contributed by atoms with Crippen molar-refractivity contribution in [3.8, 4) is 16.9 Å². The maximum atomic E-state index is 6.19. The molecule has 3 nitrogen and oxygen atoms in total. The Morgan fingerprint density at radius 3 is 2.40 bits per heavy atom. The number of anilines is 1. The summed E-state index contributed by atoms with van der Waals surface area (Å²) in [7, 11) is 0. The molecular weight excluding hydrogens is 293 g/mol. The monoisotopic (exact) mass is 303 g/mol. The first-order valence-corrected chi connectivity index (χ1v) is 6.77. The largest absolute Gasteiger partial charge is 0.384 e. The minimum atomic E-state index is 0.506. The first kappa shape index (κ1) is 13.0. The van der Waals surface area contributed by atoms with Gasteiger partial charge in [-0.25, -0.2) is 4.68 Å². The minimum absolute atomic E-state index is 0.506. The number of hydrogen-bond donors (Lipinski definition) is 1. The van der Waals surface area contributed by atoms with Crippen molar-refractivity contribution in [2.24, 2.45) is 0 Å². The number of hydrogen-bond acceptors (Lipinski definition) is 2. The molecular formula is C15H11Cl2N3. The molecule has 3 aromatic rings. The second-order valence-corrected chi connectivity index (χ2v) is 5.17. The van der Waals surface area contributed by atoms with Crippen molar-refractivity contribution in [2.45, 2.75) is 0 Å². The molecule has 0 aliphatic carbocycles. The maximum Gasteiger partial charge on any atom is 0.127 e. The summed E-state index contributed by atoms with van der Waals surface area (Å²) in [5, 5.41) is 5.59. The van der Waals surface area contributed by atoms with Crippen LogP contribution in [0.15, 0.2) is 54.6 Å². The molecule has 100 valence electrons. The van der Waals surface area contributed by atoms with Gasteiger partial charge in [-0.2, -0.15) is 5.10 Å². The molecule has 0 fully saturated rings. The van der Waals surface area contributed by atoms with E-state index in [4.69, 9.17) is 28.9 Å². The third-order valence-electron chi connectivity index (χ3n) is 2.94. The SMILES string of the molecule is Nc1cc(-c2ccccc2)nn1-c1ccc(Cl)cc1Cl. The van der Waals surface area contributed by atoms with Crippen molar-refractivity contribution < 1.29 is 0 Å². The Morgan fingerprint density at radius 2 is 1.70 bits per heavy atom. The van der Waals surface area contributed by atoms with Crippen LogP contribution in [0.4, 0.5) is 5.82 Å². The lowest BCUT2D eigenvalue weighted by molar-refractivity contribution is 0.895. The predicted octanol–water partition coefficient (Wildman–Crippen LogP) is 4.43. The van der Waals surface area contributed by atoms with Gasteiger partial charge in [0.25, 0.3) is 0 Å². The highest BCUT2D eigenvalue weighted by Gasteiger charge is 2.11. The first-order chi connectivity index (χ1) is 9.65. The van der Waals surface area contributed by atoms with Gasteiger partial charge in [0.1, 0.15) is 5.82 Å². The van der Waals surface area contributed by atoms with Crippen LogP contribution in [-0.4, -0.2) is 9.78 Å². The predicted molar refractivity (Wildman–Crippen MR) is 83.4 cm³/mol.